The van der Waals surface area contributed by atoms with E-state index in [2.05, 4.69) is 9.82 Å². The van der Waals surface area contributed by atoms with Crippen LogP contribution in [0.1, 0.15) is 34.3 Å². The molecular weight excluding hydrogens is 330 g/mol. The van der Waals surface area contributed by atoms with E-state index in [1.165, 1.54) is 6.07 Å². The van der Waals surface area contributed by atoms with Crippen LogP contribution in [0.3, 0.4) is 0 Å². The van der Waals surface area contributed by atoms with Crippen LogP contribution in [0.5, 0.6) is 0 Å². The second-order valence-electron chi connectivity index (χ2n) is 5.79. The molecule has 1 aliphatic rings. The number of sulfonamides is 1. The first kappa shape index (κ1) is 16.7. The summed E-state index contributed by atoms with van der Waals surface area (Å²) >= 11 is 0. The van der Waals surface area contributed by atoms with Gasteiger partial charge in [-0.2, -0.15) is 5.10 Å². The Hall–Kier alpha value is -2.19. The van der Waals surface area contributed by atoms with E-state index < -0.39 is 16.0 Å². The third-order valence-corrected chi connectivity index (χ3v) is 5.65. The Balaban J connectivity index is 1.75. The minimum atomic E-state index is -3.73. The molecule has 0 spiro atoms. The van der Waals surface area contributed by atoms with Crippen LogP contribution in [0.15, 0.2) is 35.5 Å². The van der Waals surface area contributed by atoms with E-state index in [1.54, 1.807) is 16.9 Å². The summed E-state index contributed by atoms with van der Waals surface area (Å²) in [5, 5.41) is 13.3. The van der Waals surface area contributed by atoms with Gasteiger partial charge in [0, 0.05) is 25.5 Å². The summed E-state index contributed by atoms with van der Waals surface area (Å²) in [6, 6.07) is 4.66. The molecule has 3 rings (SSSR count). The number of aromatic carboxylic acids is 1. The monoisotopic (exact) mass is 349 g/mol. The molecule has 2 aromatic rings. The first-order valence-electron chi connectivity index (χ1n) is 7.83. The number of fused-ring (bicyclic) bond motifs is 1. The zero-order chi connectivity index (χ0) is 17.2. The zero-order valence-corrected chi connectivity index (χ0v) is 13.9. The van der Waals surface area contributed by atoms with Crippen molar-refractivity contribution in [2.45, 2.75) is 37.1 Å². The molecule has 0 atom stereocenters. The third-order valence-electron chi connectivity index (χ3n) is 4.13. The van der Waals surface area contributed by atoms with Gasteiger partial charge in [-0.1, -0.05) is 0 Å². The number of hydrogen-bond donors (Lipinski definition) is 2. The Morgan fingerprint density at radius 3 is 2.88 bits per heavy atom. The summed E-state index contributed by atoms with van der Waals surface area (Å²) in [5.74, 6) is -1.11. The first-order valence-corrected chi connectivity index (χ1v) is 9.32. The Morgan fingerprint density at radius 2 is 2.17 bits per heavy atom. The molecule has 0 bridgehead atoms. The predicted molar refractivity (Wildman–Crippen MR) is 87.5 cm³/mol. The molecule has 0 saturated carbocycles. The predicted octanol–water partition coefficient (Wildman–Crippen LogP) is 1.44. The molecule has 24 heavy (non-hydrogen) atoms. The fourth-order valence-electron chi connectivity index (χ4n) is 2.99. The third kappa shape index (κ3) is 3.49. The topological polar surface area (TPSA) is 101 Å². The highest BCUT2D eigenvalue weighted by Gasteiger charge is 2.25. The molecule has 1 aromatic heterocycles. The lowest BCUT2D eigenvalue weighted by Gasteiger charge is -2.12. The van der Waals surface area contributed by atoms with E-state index in [0.717, 1.165) is 24.0 Å². The van der Waals surface area contributed by atoms with Gasteiger partial charge in [0.2, 0.25) is 10.0 Å². The molecule has 1 aromatic carbocycles. The van der Waals surface area contributed by atoms with Crippen LogP contribution in [0, 0.1) is 0 Å². The van der Waals surface area contributed by atoms with Crippen LogP contribution in [0.4, 0.5) is 0 Å². The fraction of sp³-hybridized carbons (Fsp3) is 0.375. The quantitative estimate of drug-likeness (QED) is 0.737. The Labute approximate surface area is 140 Å². The number of hydrogen-bond acceptors (Lipinski definition) is 4. The van der Waals surface area contributed by atoms with Crippen molar-refractivity contribution in [3.8, 4) is 0 Å². The van der Waals surface area contributed by atoms with E-state index in [9.17, 15) is 18.3 Å². The largest absolute Gasteiger partial charge is 0.478 e. The number of carboxylic acids is 1. The number of aryl methyl sites for hydroxylation is 2. The van der Waals surface area contributed by atoms with E-state index in [4.69, 9.17) is 0 Å². The number of aromatic nitrogens is 2. The molecule has 2 N–H and O–H groups in total. The summed E-state index contributed by atoms with van der Waals surface area (Å²) < 4.78 is 29.5. The fourth-order valence-corrected chi connectivity index (χ4v) is 4.40. The van der Waals surface area contributed by atoms with Crippen molar-refractivity contribution in [3.63, 3.8) is 0 Å². The average molecular weight is 349 g/mol. The first-order chi connectivity index (χ1) is 11.5. The van der Waals surface area contributed by atoms with Gasteiger partial charge in [0.1, 0.15) is 0 Å². The molecule has 8 heteroatoms. The minimum absolute atomic E-state index is 0.0209. The maximum atomic E-state index is 12.6. The molecule has 0 amide bonds. The van der Waals surface area contributed by atoms with Crippen LogP contribution < -0.4 is 4.72 Å². The number of benzene rings is 1. The highest BCUT2D eigenvalue weighted by molar-refractivity contribution is 7.89. The average Bonchev–Trinajstić information content (AvgIpc) is 3.21. The highest BCUT2D eigenvalue weighted by Crippen LogP contribution is 2.30. The number of rotatable bonds is 7. The van der Waals surface area contributed by atoms with Gasteiger partial charge < -0.3 is 5.11 Å². The molecule has 0 fully saturated rings. The van der Waals surface area contributed by atoms with Crippen molar-refractivity contribution < 1.29 is 18.3 Å². The minimum Gasteiger partial charge on any atom is -0.478 e. The number of carboxylic acid groups (broad SMARTS) is 1. The zero-order valence-electron chi connectivity index (χ0n) is 13.1. The van der Waals surface area contributed by atoms with Crippen molar-refractivity contribution in [1.82, 2.24) is 14.5 Å². The van der Waals surface area contributed by atoms with Crippen molar-refractivity contribution in [2.75, 3.05) is 6.54 Å². The smallest absolute Gasteiger partial charge is 0.335 e. The number of nitrogens with zero attached hydrogens (tertiary/aromatic N) is 2. The lowest BCUT2D eigenvalue weighted by molar-refractivity contribution is 0.0696. The van der Waals surface area contributed by atoms with Crippen LogP contribution >= 0.6 is 0 Å². The number of carbonyl (C=O) groups is 1. The second kappa shape index (κ2) is 6.74. The van der Waals surface area contributed by atoms with Gasteiger partial charge in [-0.3, -0.25) is 4.68 Å². The van der Waals surface area contributed by atoms with E-state index >= 15 is 0 Å². The molecule has 7 nitrogen and oxygen atoms in total. The molecule has 128 valence electrons. The van der Waals surface area contributed by atoms with Crippen molar-refractivity contribution in [3.05, 3.63) is 47.3 Å². The van der Waals surface area contributed by atoms with E-state index in [1.807, 2.05) is 12.3 Å². The lowest BCUT2D eigenvalue weighted by atomic mass is 10.1. The molecule has 0 unspecified atom stereocenters. The van der Waals surface area contributed by atoms with Crippen molar-refractivity contribution in [1.29, 1.82) is 0 Å². The van der Waals surface area contributed by atoms with Gasteiger partial charge in [0.25, 0.3) is 0 Å². The van der Waals surface area contributed by atoms with Gasteiger partial charge in [0.05, 0.1) is 10.5 Å². The Kier molecular flexibility index (Phi) is 4.68. The van der Waals surface area contributed by atoms with Gasteiger partial charge >= 0.3 is 5.97 Å². The molecule has 0 aliphatic heterocycles. The molecule has 1 aliphatic carbocycles. The van der Waals surface area contributed by atoms with Crippen LogP contribution in [-0.2, 0) is 29.4 Å². The van der Waals surface area contributed by atoms with E-state index in [0.29, 0.717) is 19.4 Å². The molecular formula is C16H19N3O4S. The number of nitrogens with one attached hydrogen (secondary N) is 1. The SMILES string of the molecule is O=C(O)c1cc2c(c(S(=O)(=O)NCCCn3cccn3)c1)CCC2. The van der Waals surface area contributed by atoms with Crippen LogP contribution in [-0.4, -0.2) is 35.8 Å². The maximum absolute atomic E-state index is 12.6. The Bertz CT molecular complexity index is 844. The maximum Gasteiger partial charge on any atom is 0.335 e. The highest BCUT2D eigenvalue weighted by atomic mass is 32.2. The summed E-state index contributed by atoms with van der Waals surface area (Å²) in [4.78, 5) is 11.4. The van der Waals surface area contributed by atoms with Gasteiger partial charge in [0.15, 0.2) is 0 Å². The lowest BCUT2D eigenvalue weighted by Crippen LogP contribution is -2.27. The van der Waals surface area contributed by atoms with Crippen LogP contribution in [0.25, 0.3) is 0 Å². The van der Waals surface area contributed by atoms with Gasteiger partial charge in [-0.05, 0) is 55.0 Å². The summed E-state index contributed by atoms with van der Waals surface area (Å²) in [6.45, 7) is 0.886. The van der Waals surface area contributed by atoms with Crippen LogP contribution in [0.2, 0.25) is 0 Å². The van der Waals surface area contributed by atoms with Crippen molar-refractivity contribution in [2.24, 2.45) is 0 Å². The normalized spacial score (nSPS) is 13.8. The van der Waals surface area contributed by atoms with E-state index in [-0.39, 0.29) is 17.0 Å². The molecule has 1 heterocycles. The second-order valence-corrected chi connectivity index (χ2v) is 7.53. The molecule has 0 saturated heterocycles. The standard InChI is InChI=1S/C16H19N3O4S/c20-16(21)13-10-12-4-1-5-14(12)15(11-13)24(22,23)18-7-3-9-19-8-2-6-17-19/h2,6,8,10-11,18H,1,3-5,7,9H2,(H,20,21). The van der Waals surface area contributed by atoms with Crippen molar-refractivity contribution >= 4 is 16.0 Å². The summed E-state index contributed by atoms with van der Waals surface area (Å²) in [7, 11) is -3.73. The summed E-state index contributed by atoms with van der Waals surface area (Å²) in [6.07, 6.45) is 6.32. The summed E-state index contributed by atoms with van der Waals surface area (Å²) in [5.41, 5.74) is 1.60. The van der Waals surface area contributed by atoms with Gasteiger partial charge in [-0.15, -0.1) is 0 Å². The molecule has 0 radical (unpaired) electrons. The Morgan fingerprint density at radius 1 is 1.33 bits per heavy atom. The van der Waals surface area contributed by atoms with Gasteiger partial charge in [-0.25, -0.2) is 17.9 Å².